The van der Waals surface area contributed by atoms with E-state index in [0.29, 0.717) is 17.3 Å². The lowest BCUT2D eigenvalue weighted by Gasteiger charge is -2.16. The van der Waals surface area contributed by atoms with Crippen molar-refractivity contribution < 1.29 is 18.0 Å². The molecule has 9 heteroatoms. The largest absolute Gasteiger partial charge is 0.418 e. The summed E-state index contributed by atoms with van der Waals surface area (Å²) in [6, 6.07) is 11.3. The number of anilines is 1. The number of nitrogens with zero attached hydrogens (tertiary/aromatic N) is 2. The molecule has 3 rings (SSSR count). The van der Waals surface area contributed by atoms with Gasteiger partial charge in [0.1, 0.15) is 0 Å². The van der Waals surface area contributed by atoms with Gasteiger partial charge in [-0.2, -0.15) is 18.3 Å². The molecule has 0 saturated carbocycles. The summed E-state index contributed by atoms with van der Waals surface area (Å²) < 4.78 is 40.6. The van der Waals surface area contributed by atoms with Crippen LogP contribution in [-0.4, -0.2) is 15.7 Å². The zero-order valence-corrected chi connectivity index (χ0v) is 15.7. The number of fused-ring (bicyclic) bond motifs is 1. The summed E-state index contributed by atoms with van der Waals surface area (Å²) in [7, 11) is 0. The van der Waals surface area contributed by atoms with Gasteiger partial charge in [-0.15, -0.1) is 0 Å². The highest BCUT2D eigenvalue weighted by Gasteiger charge is 2.33. The van der Waals surface area contributed by atoms with Gasteiger partial charge in [-0.05, 0) is 24.1 Å². The second-order valence-electron chi connectivity index (χ2n) is 6.90. The summed E-state index contributed by atoms with van der Waals surface area (Å²) in [5, 5.41) is 4.78. The van der Waals surface area contributed by atoms with Crippen LogP contribution in [0.15, 0.2) is 53.3 Å². The maximum absolute atomic E-state index is 13.1. The Morgan fingerprint density at radius 2 is 1.69 bits per heavy atom. The van der Waals surface area contributed by atoms with Crippen LogP contribution in [0.25, 0.3) is 10.8 Å². The molecule has 6 nitrogen and oxygen atoms in total. The summed E-state index contributed by atoms with van der Waals surface area (Å²) >= 11 is 0. The molecule has 0 radical (unpaired) electrons. The molecule has 1 heterocycles. The molecule has 0 spiro atoms. The van der Waals surface area contributed by atoms with E-state index < -0.39 is 17.6 Å². The first-order valence-electron chi connectivity index (χ1n) is 8.91. The van der Waals surface area contributed by atoms with Crippen LogP contribution in [-0.2, 0) is 12.7 Å². The smallest absolute Gasteiger partial charge is 0.298 e. The number of aromatic nitrogens is 2. The highest BCUT2D eigenvalue weighted by molar-refractivity contribution is 6.05. The molecule has 0 bridgehead atoms. The second kappa shape index (κ2) is 7.94. The average molecular weight is 404 g/mol. The first kappa shape index (κ1) is 20.4. The van der Waals surface area contributed by atoms with E-state index in [1.165, 1.54) is 22.9 Å². The van der Waals surface area contributed by atoms with E-state index in [9.17, 15) is 22.8 Å². The number of hydrazine groups is 1. The third-order valence-corrected chi connectivity index (χ3v) is 4.16. The van der Waals surface area contributed by atoms with E-state index in [4.69, 9.17) is 0 Å². The Balaban J connectivity index is 1.96. The van der Waals surface area contributed by atoms with Gasteiger partial charge in [0.2, 0.25) is 0 Å². The third-order valence-electron chi connectivity index (χ3n) is 4.16. The Labute approximate surface area is 164 Å². The molecule has 0 unspecified atom stereocenters. The highest BCUT2D eigenvalue weighted by atomic mass is 19.4. The Morgan fingerprint density at radius 3 is 2.34 bits per heavy atom. The molecule has 152 valence electrons. The summed E-state index contributed by atoms with van der Waals surface area (Å²) in [6.45, 7) is 4.10. The van der Waals surface area contributed by atoms with Crippen molar-refractivity contribution in [2.24, 2.45) is 5.92 Å². The van der Waals surface area contributed by atoms with Gasteiger partial charge in [0, 0.05) is 11.9 Å². The predicted octanol–water partition coefficient (Wildman–Crippen LogP) is 3.83. The van der Waals surface area contributed by atoms with Gasteiger partial charge >= 0.3 is 6.18 Å². The lowest BCUT2D eigenvalue weighted by Crippen LogP contribution is -2.34. The van der Waals surface area contributed by atoms with Crippen LogP contribution in [0, 0.1) is 5.92 Å². The molecule has 1 amide bonds. The van der Waals surface area contributed by atoms with Crippen molar-refractivity contribution >= 4 is 22.4 Å². The van der Waals surface area contributed by atoms with Crippen LogP contribution in [0.1, 0.15) is 29.9 Å². The Kier molecular flexibility index (Phi) is 5.58. The zero-order valence-electron chi connectivity index (χ0n) is 15.7. The van der Waals surface area contributed by atoms with Crippen LogP contribution >= 0.6 is 0 Å². The number of hydrogen-bond donors (Lipinski definition) is 2. The Morgan fingerprint density at radius 1 is 1.07 bits per heavy atom. The molecule has 3 aromatic rings. The summed E-state index contributed by atoms with van der Waals surface area (Å²) in [5.74, 6) is -0.648. The molecule has 0 saturated heterocycles. The zero-order chi connectivity index (χ0) is 21.2. The van der Waals surface area contributed by atoms with E-state index in [0.717, 1.165) is 6.07 Å². The number of carbonyl (C=O) groups is 1. The van der Waals surface area contributed by atoms with Crippen LogP contribution < -0.4 is 16.4 Å². The van der Waals surface area contributed by atoms with E-state index in [1.807, 2.05) is 13.8 Å². The fraction of sp³-hybridized carbons (Fsp3) is 0.250. The number of nitrogens with one attached hydrogen (secondary N) is 2. The SMILES string of the molecule is CC(C)Cn1nc(C(=O)NNc2ccccc2C(F)(F)F)c2ccccc2c1=O. The fourth-order valence-electron chi connectivity index (χ4n) is 2.90. The van der Waals surface area contributed by atoms with E-state index in [2.05, 4.69) is 16.0 Å². The van der Waals surface area contributed by atoms with Crippen molar-refractivity contribution in [1.82, 2.24) is 15.2 Å². The number of halogens is 3. The molecular formula is C20H19F3N4O2. The molecule has 2 aromatic carbocycles. The lowest BCUT2D eigenvalue weighted by molar-refractivity contribution is -0.137. The number of amides is 1. The quantitative estimate of drug-likeness (QED) is 0.634. The molecule has 29 heavy (non-hydrogen) atoms. The van der Waals surface area contributed by atoms with Gasteiger partial charge in [-0.25, -0.2) is 4.68 Å². The monoisotopic (exact) mass is 404 g/mol. The molecule has 2 N–H and O–H groups in total. The molecule has 0 atom stereocenters. The van der Waals surface area contributed by atoms with Crippen molar-refractivity contribution in [3.05, 3.63) is 70.1 Å². The summed E-state index contributed by atoms with van der Waals surface area (Å²) in [6.07, 6.45) is -4.58. The second-order valence-corrected chi connectivity index (χ2v) is 6.90. The fourth-order valence-corrected chi connectivity index (χ4v) is 2.90. The Hall–Kier alpha value is -3.36. The van der Waals surface area contributed by atoms with Gasteiger partial charge < -0.3 is 0 Å². The standard InChI is InChI=1S/C20H19F3N4O2/c1-12(2)11-27-19(29)14-8-4-3-7-13(14)17(26-27)18(28)25-24-16-10-6-5-9-15(16)20(21,22)23/h3-10,12,24H,11H2,1-2H3,(H,25,28). The van der Waals surface area contributed by atoms with Crippen molar-refractivity contribution in [2.45, 2.75) is 26.6 Å². The average Bonchev–Trinajstić information content (AvgIpc) is 2.67. The molecule has 1 aromatic heterocycles. The van der Waals surface area contributed by atoms with Crippen LogP contribution in [0.3, 0.4) is 0 Å². The molecule has 0 aliphatic heterocycles. The first-order chi connectivity index (χ1) is 13.7. The van der Waals surface area contributed by atoms with Crippen molar-refractivity contribution in [3.8, 4) is 0 Å². The Bertz CT molecular complexity index is 1110. The highest BCUT2D eigenvalue weighted by Crippen LogP contribution is 2.34. The van der Waals surface area contributed by atoms with Crippen molar-refractivity contribution in [2.75, 3.05) is 5.43 Å². The minimum Gasteiger partial charge on any atom is -0.298 e. The van der Waals surface area contributed by atoms with E-state index in [-0.39, 0.29) is 22.9 Å². The first-order valence-corrected chi connectivity index (χ1v) is 8.91. The summed E-state index contributed by atoms with van der Waals surface area (Å²) in [5.41, 5.74) is 2.96. The van der Waals surface area contributed by atoms with Gasteiger partial charge in [0.15, 0.2) is 5.69 Å². The topological polar surface area (TPSA) is 76.0 Å². The number of rotatable bonds is 5. The number of alkyl halides is 3. The molecule has 0 fully saturated rings. The van der Waals surface area contributed by atoms with Gasteiger partial charge in [-0.1, -0.05) is 44.2 Å². The minimum absolute atomic E-state index is 0.0576. The van der Waals surface area contributed by atoms with E-state index in [1.54, 1.807) is 24.3 Å². The molecular weight excluding hydrogens is 385 g/mol. The van der Waals surface area contributed by atoms with Gasteiger partial charge in [-0.3, -0.25) is 20.4 Å². The summed E-state index contributed by atoms with van der Waals surface area (Å²) in [4.78, 5) is 25.3. The lowest BCUT2D eigenvalue weighted by atomic mass is 10.1. The maximum Gasteiger partial charge on any atom is 0.418 e. The number of carbonyl (C=O) groups excluding carboxylic acids is 1. The maximum atomic E-state index is 13.1. The molecule has 0 aliphatic rings. The number of hydrogen-bond acceptors (Lipinski definition) is 4. The normalized spacial score (nSPS) is 11.7. The van der Waals surface area contributed by atoms with Crippen LogP contribution in [0.5, 0.6) is 0 Å². The predicted molar refractivity (Wildman–Crippen MR) is 103 cm³/mol. The number of benzene rings is 2. The minimum atomic E-state index is -4.58. The molecule has 0 aliphatic carbocycles. The van der Waals surface area contributed by atoms with Crippen LogP contribution in [0.2, 0.25) is 0 Å². The van der Waals surface area contributed by atoms with Gasteiger partial charge in [0.25, 0.3) is 11.5 Å². The van der Waals surface area contributed by atoms with E-state index >= 15 is 0 Å². The van der Waals surface area contributed by atoms with Crippen molar-refractivity contribution in [1.29, 1.82) is 0 Å². The number of para-hydroxylation sites is 1. The van der Waals surface area contributed by atoms with Crippen LogP contribution in [0.4, 0.5) is 18.9 Å². The third kappa shape index (κ3) is 4.39. The van der Waals surface area contributed by atoms with Crippen molar-refractivity contribution in [3.63, 3.8) is 0 Å². The van der Waals surface area contributed by atoms with Gasteiger partial charge in [0.05, 0.1) is 16.6 Å².